The lowest BCUT2D eigenvalue weighted by Crippen LogP contribution is -2.22. The summed E-state index contributed by atoms with van der Waals surface area (Å²) < 4.78 is 31.9. The lowest BCUT2D eigenvalue weighted by atomic mass is 10.0. The maximum absolute atomic E-state index is 11.3. The van der Waals surface area contributed by atoms with Gasteiger partial charge in [-0.2, -0.15) is 8.42 Å². The standard InChI is InChI=1S/C11H13NO4S/c1-7-4-9-8(5-10(7)13)2-3-12-6-11(9)17(14,15)16/h2-5,11-13H,6H2,1H3,(H,14,15,16). The van der Waals surface area contributed by atoms with Crippen LogP contribution >= 0.6 is 0 Å². The van der Waals surface area contributed by atoms with Crippen LogP contribution in [0.25, 0.3) is 6.08 Å². The molecule has 92 valence electrons. The number of nitrogens with one attached hydrogen (secondary N) is 1. The van der Waals surface area contributed by atoms with Crippen molar-refractivity contribution in [2.45, 2.75) is 12.2 Å². The van der Waals surface area contributed by atoms with Crippen LogP contribution in [0.1, 0.15) is 21.9 Å². The molecule has 1 unspecified atom stereocenters. The van der Waals surface area contributed by atoms with E-state index in [2.05, 4.69) is 5.32 Å². The number of rotatable bonds is 1. The highest BCUT2D eigenvalue weighted by Crippen LogP contribution is 2.31. The first kappa shape index (κ1) is 11.9. The Balaban J connectivity index is 2.65. The zero-order valence-electron chi connectivity index (χ0n) is 9.21. The van der Waals surface area contributed by atoms with Crippen LogP contribution in [-0.4, -0.2) is 24.6 Å². The second-order valence-corrected chi connectivity index (χ2v) is 5.61. The van der Waals surface area contributed by atoms with E-state index in [-0.39, 0.29) is 12.3 Å². The number of aromatic hydroxyl groups is 1. The molecule has 3 N–H and O–H groups in total. The minimum Gasteiger partial charge on any atom is -0.508 e. The summed E-state index contributed by atoms with van der Waals surface area (Å²) in [7, 11) is -4.18. The molecule has 0 spiro atoms. The maximum Gasteiger partial charge on any atom is 0.273 e. The van der Waals surface area contributed by atoms with Crippen LogP contribution in [0.4, 0.5) is 0 Å². The maximum atomic E-state index is 11.3. The van der Waals surface area contributed by atoms with E-state index in [0.717, 1.165) is 0 Å². The van der Waals surface area contributed by atoms with Crippen molar-refractivity contribution in [1.82, 2.24) is 5.32 Å². The van der Waals surface area contributed by atoms with Gasteiger partial charge in [0, 0.05) is 6.54 Å². The Labute approximate surface area is 99.5 Å². The minimum absolute atomic E-state index is 0.101. The van der Waals surface area contributed by atoms with Crippen molar-refractivity contribution >= 4 is 16.2 Å². The van der Waals surface area contributed by atoms with Gasteiger partial charge in [0.25, 0.3) is 10.1 Å². The Kier molecular flexibility index (Phi) is 2.84. The molecule has 0 aliphatic carbocycles. The smallest absolute Gasteiger partial charge is 0.273 e. The number of aryl methyl sites for hydroxylation is 1. The fraction of sp³-hybridized carbons (Fsp3) is 0.273. The molecule has 0 amide bonds. The molecule has 0 fully saturated rings. The highest BCUT2D eigenvalue weighted by Gasteiger charge is 2.28. The summed E-state index contributed by atoms with van der Waals surface area (Å²) in [5.74, 6) is 0.101. The van der Waals surface area contributed by atoms with Crippen LogP contribution in [0.15, 0.2) is 18.3 Å². The number of phenols is 1. The Morgan fingerprint density at radius 2 is 2.12 bits per heavy atom. The van der Waals surface area contributed by atoms with E-state index in [1.165, 1.54) is 6.07 Å². The fourth-order valence-electron chi connectivity index (χ4n) is 1.86. The van der Waals surface area contributed by atoms with Crippen LogP contribution in [-0.2, 0) is 10.1 Å². The lowest BCUT2D eigenvalue weighted by Gasteiger charge is -2.15. The molecule has 17 heavy (non-hydrogen) atoms. The number of benzene rings is 1. The SMILES string of the molecule is Cc1cc2c(cc1O)C=CNCC2S(=O)(=O)O. The van der Waals surface area contributed by atoms with Gasteiger partial charge >= 0.3 is 0 Å². The largest absolute Gasteiger partial charge is 0.508 e. The van der Waals surface area contributed by atoms with Crippen molar-refractivity contribution in [3.63, 3.8) is 0 Å². The molecule has 1 heterocycles. The molecule has 0 aromatic heterocycles. The van der Waals surface area contributed by atoms with E-state index in [1.54, 1.807) is 25.3 Å². The number of phenolic OH excluding ortho intramolecular Hbond substituents is 1. The van der Waals surface area contributed by atoms with Gasteiger partial charge in [-0.25, -0.2) is 0 Å². The summed E-state index contributed by atoms with van der Waals surface area (Å²) in [6.45, 7) is 1.78. The second-order valence-electron chi connectivity index (χ2n) is 4.01. The van der Waals surface area contributed by atoms with E-state index in [4.69, 9.17) is 0 Å². The Morgan fingerprint density at radius 3 is 2.76 bits per heavy atom. The molecule has 2 rings (SSSR count). The van der Waals surface area contributed by atoms with Crippen molar-refractivity contribution in [3.05, 3.63) is 35.0 Å². The molecule has 1 aliphatic heterocycles. The molecule has 1 aromatic rings. The molecule has 5 nitrogen and oxygen atoms in total. The third-order valence-electron chi connectivity index (χ3n) is 2.79. The van der Waals surface area contributed by atoms with Gasteiger partial charge in [-0.1, -0.05) is 6.07 Å². The summed E-state index contributed by atoms with van der Waals surface area (Å²) in [6, 6.07) is 3.08. The molecule has 0 saturated carbocycles. The predicted molar refractivity (Wildman–Crippen MR) is 64.2 cm³/mol. The fourth-order valence-corrected chi connectivity index (χ4v) is 2.69. The van der Waals surface area contributed by atoms with Crippen molar-refractivity contribution in [2.24, 2.45) is 0 Å². The highest BCUT2D eigenvalue weighted by molar-refractivity contribution is 7.86. The molecule has 1 aliphatic rings. The van der Waals surface area contributed by atoms with Gasteiger partial charge in [0.05, 0.1) is 0 Å². The van der Waals surface area contributed by atoms with Crippen LogP contribution in [0.3, 0.4) is 0 Å². The van der Waals surface area contributed by atoms with E-state index in [0.29, 0.717) is 16.7 Å². The van der Waals surface area contributed by atoms with Crippen molar-refractivity contribution in [3.8, 4) is 5.75 Å². The third-order valence-corrected chi connectivity index (χ3v) is 3.93. The topological polar surface area (TPSA) is 86.6 Å². The zero-order valence-corrected chi connectivity index (χ0v) is 10.0. The summed E-state index contributed by atoms with van der Waals surface area (Å²) in [5, 5.41) is 11.4. The minimum atomic E-state index is -4.18. The first-order chi connectivity index (χ1) is 7.89. The Hall–Kier alpha value is -1.53. The van der Waals surface area contributed by atoms with Gasteiger partial charge in [0.1, 0.15) is 11.0 Å². The van der Waals surface area contributed by atoms with Gasteiger partial charge in [0.2, 0.25) is 0 Å². The number of fused-ring (bicyclic) bond motifs is 1. The van der Waals surface area contributed by atoms with Crippen LogP contribution in [0.5, 0.6) is 5.75 Å². The summed E-state index contributed by atoms with van der Waals surface area (Å²) in [5.41, 5.74) is 1.65. The van der Waals surface area contributed by atoms with E-state index in [9.17, 15) is 18.1 Å². The first-order valence-electron chi connectivity index (χ1n) is 5.09. The Morgan fingerprint density at radius 1 is 1.41 bits per heavy atom. The van der Waals surface area contributed by atoms with E-state index < -0.39 is 15.4 Å². The predicted octanol–water partition coefficient (Wildman–Crippen LogP) is 1.20. The van der Waals surface area contributed by atoms with Gasteiger partial charge in [-0.15, -0.1) is 0 Å². The molecule has 0 radical (unpaired) electrons. The molecular weight excluding hydrogens is 242 g/mol. The van der Waals surface area contributed by atoms with Crippen molar-refractivity contribution in [2.75, 3.05) is 6.54 Å². The van der Waals surface area contributed by atoms with Crippen LogP contribution < -0.4 is 5.32 Å². The molecular formula is C11H13NO4S. The summed E-state index contributed by atoms with van der Waals surface area (Å²) in [4.78, 5) is 0. The number of hydrogen-bond donors (Lipinski definition) is 3. The van der Waals surface area contributed by atoms with Gasteiger partial charge in [-0.3, -0.25) is 4.55 Å². The van der Waals surface area contributed by atoms with Gasteiger partial charge in [0.15, 0.2) is 0 Å². The average molecular weight is 255 g/mol. The molecule has 0 bridgehead atoms. The quantitative estimate of drug-likeness (QED) is 0.656. The molecule has 1 aromatic carbocycles. The van der Waals surface area contributed by atoms with Gasteiger partial charge < -0.3 is 10.4 Å². The third kappa shape index (κ3) is 2.27. The van der Waals surface area contributed by atoms with Crippen molar-refractivity contribution < 1.29 is 18.1 Å². The highest BCUT2D eigenvalue weighted by atomic mass is 32.2. The molecule has 0 saturated heterocycles. The average Bonchev–Trinajstić information content (AvgIpc) is 2.40. The van der Waals surface area contributed by atoms with Crippen LogP contribution in [0.2, 0.25) is 0 Å². The zero-order chi connectivity index (χ0) is 12.6. The van der Waals surface area contributed by atoms with Crippen LogP contribution in [0, 0.1) is 6.92 Å². The van der Waals surface area contributed by atoms with Gasteiger partial charge in [-0.05, 0) is 42.0 Å². The molecule has 6 heteroatoms. The first-order valence-corrected chi connectivity index (χ1v) is 6.59. The summed E-state index contributed by atoms with van der Waals surface area (Å²) >= 11 is 0. The Bertz CT molecular complexity index is 577. The monoisotopic (exact) mass is 255 g/mol. The molecule has 1 atom stereocenters. The summed E-state index contributed by atoms with van der Waals surface area (Å²) in [6.07, 6.45) is 3.26. The number of hydrogen-bond acceptors (Lipinski definition) is 4. The van der Waals surface area contributed by atoms with Crippen molar-refractivity contribution in [1.29, 1.82) is 0 Å². The van der Waals surface area contributed by atoms with E-state index in [1.807, 2.05) is 0 Å². The second kappa shape index (κ2) is 4.05. The normalized spacial score (nSPS) is 19.3. The van der Waals surface area contributed by atoms with E-state index >= 15 is 0 Å². The lowest BCUT2D eigenvalue weighted by molar-refractivity contribution is 0.463.